The van der Waals surface area contributed by atoms with Gasteiger partial charge in [0, 0.05) is 21.7 Å². The van der Waals surface area contributed by atoms with Crippen LogP contribution in [-0.4, -0.2) is 43.9 Å². The number of hydrogen-bond donors (Lipinski definition) is 1. The van der Waals surface area contributed by atoms with Gasteiger partial charge in [-0.2, -0.15) is 0 Å². The van der Waals surface area contributed by atoms with Crippen molar-refractivity contribution in [2.24, 2.45) is 0 Å². The Bertz CT molecular complexity index is 802. The van der Waals surface area contributed by atoms with Crippen molar-refractivity contribution in [1.29, 1.82) is 0 Å². The molecule has 25 heavy (non-hydrogen) atoms. The summed E-state index contributed by atoms with van der Waals surface area (Å²) in [5, 5.41) is 3.36. The molecule has 0 spiro atoms. The summed E-state index contributed by atoms with van der Waals surface area (Å²) in [5.41, 5.74) is -0.362. The van der Waals surface area contributed by atoms with Gasteiger partial charge in [0.2, 0.25) is 0 Å². The van der Waals surface area contributed by atoms with E-state index in [9.17, 15) is 18.0 Å². The lowest BCUT2D eigenvalue weighted by molar-refractivity contribution is -0.144. The van der Waals surface area contributed by atoms with Crippen LogP contribution in [0.15, 0.2) is 24.3 Å². The fraction of sp³-hybridized carbons (Fsp3) is 0.375. The van der Waals surface area contributed by atoms with Gasteiger partial charge < -0.3 is 10.1 Å². The predicted molar refractivity (Wildman–Crippen MR) is 96.3 cm³/mol. The van der Waals surface area contributed by atoms with Crippen LogP contribution in [0.2, 0.25) is 10.0 Å². The lowest BCUT2D eigenvalue weighted by atomic mass is 10.0. The summed E-state index contributed by atoms with van der Waals surface area (Å²) >= 11 is 11.9. The third-order valence-corrected chi connectivity index (χ3v) is 6.24. The number of carbonyl (C=O) groups is 2. The predicted octanol–water partition coefficient (Wildman–Crippen LogP) is 2.24. The molecule has 0 bridgehead atoms. The maximum atomic E-state index is 11.9. The smallest absolute Gasteiger partial charge is 0.331 e. The van der Waals surface area contributed by atoms with Gasteiger partial charge in [-0.25, -0.2) is 13.2 Å². The molecule has 1 fully saturated rings. The van der Waals surface area contributed by atoms with Crippen LogP contribution in [0.1, 0.15) is 18.9 Å². The van der Waals surface area contributed by atoms with Crippen LogP contribution in [0.25, 0.3) is 6.08 Å². The highest BCUT2D eigenvalue weighted by Gasteiger charge is 2.39. The molecule has 1 aliphatic rings. The van der Waals surface area contributed by atoms with Gasteiger partial charge in [0.1, 0.15) is 0 Å². The van der Waals surface area contributed by atoms with Gasteiger partial charge in [0.25, 0.3) is 5.91 Å². The molecule has 2 rings (SSSR count). The number of carbonyl (C=O) groups excluding carboxylic acids is 2. The Morgan fingerprint density at radius 1 is 1.32 bits per heavy atom. The number of amides is 1. The fourth-order valence-corrected chi connectivity index (χ4v) is 5.10. The van der Waals surface area contributed by atoms with Crippen molar-refractivity contribution >= 4 is 51.0 Å². The molecule has 0 saturated carbocycles. The molecule has 136 valence electrons. The summed E-state index contributed by atoms with van der Waals surface area (Å²) in [6.45, 7) is 1.14. The van der Waals surface area contributed by atoms with E-state index < -0.39 is 33.9 Å². The second-order valence-electron chi connectivity index (χ2n) is 6.03. The lowest BCUT2D eigenvalue weighted by Crippen LogP contribution is -2.48. The molecule has 1 saturated heterocycles. The van der Waals surface area contributed by atoms with E-state index in [0.29, 0.717) is 22.0 Å². The van der Waals surface area contributed by atoms with Crippen molar-refractivity contribution < 1.29 is 22.7 Å². The molecule has 1 amide bonds. The SMILES string of the molecule is C[C@@]1(NC(=O)COC(=O)/C=C/c2c(Cl)cccc2Cl)CCS(=O)(=O)C1. The molecular weight excluding hydrogens is 389 g/mol. The van der Waals surface area contributed by atoms with Gasteiger partial charge in [-0.05, 0) is 31.6 Å². The topological polar surface area (TPSA) is 89.5 Å². The first-order valence-corrected chi connectivity index (χ1v) is 9.98. The van der Waals surface area contributed by atoms with Crippen molar-refractivity contribution in [3.8, 4) is 0 Å². The molecule has 1 N–H and O–H groups in total. The molecular formula is C16H17Cl2NO5S. The second kappa shape index (κ2) is 7.76. The molecule has 1 aromatic carbocycles. The zero-order valence-electron chi connectivity index (χ0n) is 13.4. The third kappa shape index (κ3) is 5.73. The largest absolute Gasteiger partial charge is 0.452 e. The van der Waals surface area contributed by atoms with Crippen molar-refractivity contribution in [3.63, 3.8) is 0 Å². The zero-order chi connectivity index (χ0) is 18.7. The summed E-state index contributed by atoms with van der Waals surface area (Å²) in [6, 6.07) is 4.93. The van der Waals surface area contributed by atoms with Gasteiger partial charge in [-0.3, -0.25) is 4.79 Å². The summed E-state index contributed by atoms with van der Waals surface area (Å²) < 4.78 is 27.8. The number of rotatable bonds is 5. The standard InChI is InChI=1S/C16H17Cl2NO5S/c1-16(7-8-25(22,23)10-16)19-14(20)9-24-15(21)6-5-11-12(17)3-2-4-13(11)18/h2-6H,7-10H2,1H3,(H,19,20)/b6-5+/t16-/m1/s1. The lowest BCUT2D eigenvalue weighted by Gasteiger charge is -2.23. The van der Waals surface area contributed by atoms with E-state index >= 15 is 0 Å². The Balaban J connectivity index is 1.86. The number of benzene rings is 1. The summed E-state index contributed by atoms with van der Waals surface area (Å²) in [7, 11) is -3.14. The van der Waals surface area contributed by atoms with Gasteiger partial charge in [0.15, 0.2) is 16.4 Å². The third-order valence-electron chi connectivity index (χ3n) is 3.68. The van der Waals surface area contributed by atoms with Crippen molar-refractivity contribution in [2.75, 3.05) is 18.1 Å². The molecule has 1 heterocycles. The van der Waals surface area contributed by atoms with Gasteiger partial charge in [-0.1, -0.05) is 29.3 Å². The van der Waals surface area contributed by atoms with E-state index in [0.717, 1.165) is 6.08 Å². The summed E-state index contributed by atoms with van der Waals surface area (Å²) in [5.74, 6) is -1.39. The molecule has 0 aliphatic carbocycles. The number of hydrogen-bond acceptors (Lipinski definition) is 5. The Hall–Kier alpha value is -1.57. The van der Waals surface area contributed by atoms with E-state index in [-0.39, 0.29) is 11.5 Å². The van der Waals surface area contributed by atoms with Crippen molar-refractivity contribution in [2.45, 2.75) is 18.9 Å². The summed E-state index contributed by atoms with van der Waals surface area (Å²) in [6.07, 6.45) is 2.85. The monoisotopic (exact) mass is 405 g/mol. The van der Waals surface area contributed by atoms with Crippen LogP contribution in [0.4, 0.5) is 0 Å². The van der Waals surface area contributed by atoms with Crippen LogP contribution < -0.4 is 5.32 Å². The van der Waals surface area contributed by atoms with E-state index in [2.05, 4.69) is 5.32 Å². The number of sulfone groups is 1. The first-order chi connectivity index (χ1) is 11.6. The van der Waals surface area contributed by atoms with Crippen LogP contribution in [-0.2, 0) is 24.2 Å². The van der Waals surface area contributed by atoms with Gasteiger partial charge >= 0.3 is 5.97 Å². The normalized spacial score (nSPS) is 22.0. The van der Waals surface area contributed by atoms with E-state index in [1.54, 1.807) is 25.1 Å². The highest BCUT2D eigenvalue weighted by Crippen LogP contribution is 2.25. The zero-order valence-corrected chi connectivity index (χ0v) is 15.7. The molecule has 6 nitrogen and oxygen atoms in total. The minimum atomic E-state index is -3.14. The summed E-state index contributed by atoms with van der Waals surface area (Å²) in [4.78, 5) is 23.5. The first-order valence-electron chi connectivity index (χ1n) is 7.41. The van der Waals surface area contributed by atoms with Crippen LogP contribution in [0, 0.1) is 0 Å². The quantitative estimate of drug-likeness (QED) is 0.599. The molecule has 1 aliphatic heterocycles. The van der Waals surface area contributed by atoms with E-state index in [1.807, 2.05) is 0 Å². The van der Waals surface area contributed by atoms with Crippen molar-refractivity contribution in [3.05, 3.63) is 39.9 Å². The highest BCUT2D eigenvalue weighted by molar-refractivity contribution is 7.91. The maximum Gasteiger partial charge on any atom is 0.331 e. The minimum Gasteiger partial charge on any atom is -0.452 e. The molecule has 1 atom stereocenters. The van der Waals surface area contributed by atoms with Gasteiger partial charge in [-0.15, -0.1) is 0 Å². The van der Waals surface area contributed by atoms with E-state index in [4.69, 9.17) is 27.9 Å². The number of ether oxygens (including phenoxy) is 1. The average molecular weight is 406 g/mol. The van der Waals surface area contributed by atoms with E-state index in [1.165, 1.54) is 6.08 Å². The number of halogens is 2. The second-order valence-corrected chi connectivity index (χ2v) is 9.03. The Kier molecular flexibility index (Phi) is 6.13. The maximum absolute atomic E-state index is 11.9. The number of esters is 1. The molecule has 9 heteroatoms. The number of nitrogens with one attached hydrogen (secondary N) is 1. The molecule has 0 radical (unpaired) electrons. The minimum absolute atomic E-state index is 0.0326. The van der Waals surface area contributed by atoms with Crippen LogP contribution in [0.3, 0.4) is 0 Å². The first kappa shape index (κ1) is 19.8. The average Bonchev–Trinajstić information content (AvgIpc) is 2.78. The molecule has 0 unspecified atom stereocenters. The Morgan fingerprint density at radius 2 is 1.96 bits per heavy atom. The molecule has 0 aromatic heterocycles. The highest BCUT2D eigenvalue weighted by atomic mass is 35.5. The molecule has 1 aromatic rings. The van der Waals surface area contributed by atoms with Crippen LogP contribution >= 0.6 is 23.2 Å². The Morgan fingerprint density at radius 3 is 2.52 bits per heavy atom. The Labute approximate surface area is 156 Å². The van der Waals surface area contributed by atoms with Gasteiger partial charge in [0.05, 0.1) is 17.0 Å². The fourth-order valence-electron chi connectivity index (χ4n) is 2.49. The van der Waals surface area contributed by atoms with Crippen molar-refractivity contribution in [1.82, 2.24) is 5.32 Å². The van der Waals surface area contributed by atoms with Crippen LogP contribution in [0.5, 0.6) is 0 Å².